The molecule has 4 heteroatoms. The van der Waals surface area contributed by atoms with E-state index in [1.54, 1.807) is 0 Å². The van der Waals surface area contributed by atoms with Crippen molar-refractivity contribution in [1.82, 2.24) is 14.8 Å². The molecule has 3 rings (SSSR count). The molecule has 76 valence electrons. The Morgan fingerprint density at radius 1 is 1.50 bits per heavy atom. The highest BCUT2D eigenvalue weighted by Crippen LogP contribution is 2.45. The predicted molar refractivity (Wildman–Crippen MR) is 52.9 cm³/mol. The SMILES string of the molecule is NCC1(c2nncn2C2CC2)CCC1. The fraction of sp³-hybridized carbons (Fsp3) is 0.800. The topological polar surface area (TPSA) is 56.7 Å². The van der Waals surface area contributed by atoms with Crippen LogP contribution in [0.15, 0.2) is 6.33 Å². The first kappa shape index (κ1) is 8.41. The highest BCUT2D eigenvalue weighted by atomic mass is 15.3. The molecule has 1 aromatic rings. The Balaban J connectivity index is 1.97. The van der Waals surface area contributed by atoms with E-state index in [1.807, 2.05) is 6.33 Å². The molecule has 0 bridgehead atoms. The molecule has 0 spiro atoms. The fourth-order valence-electron chi connectivity index (χ4n) is 2.36. The van der Waals surface area contributed by atoms with E-state index >= 15 is 0 Å². The van der Waals surface area contributed by atoms with E-state index in [9.17, 15) is 0 Å². The third-order valence-corrected chi connectivity index (χ3v) is 3.69. The number of hydrogen-bond acceptors (Lipinski definition) is 3. The maximum absolute atomic E-state index is 5.87. The van der Waals surface area contributed by atoms with Gasteiger partial charge in [-0.3, -0.25) is 0 Å². The van der Waals surface area contributed by atoms with Crippen molar-refractivity contribution in [2.75, 3.05) is 6.54 Å². The minimum absolute atomic E-state index is 0.166. The number of aromatic nitrogens is 3. The maximum atomic E-state index is 5.87. The second kappa shape index (κ2) is 2.79. The van der Waals surface area contributed by atoms with Crippen LogP contribution in [-0.4, -0.2) is 21.3 Å². The monoisotopic (exact) mass is 192 g/mol. The van der Waals surface area contributed by atoms with Gasteiger partial charge in [0, 0.05) is 18.0 Å². The summed E-state index contributed by atoms with van der Waals surface area (Å²) in [5.41, 5.74) is 6.03. The molecule has 0 radical (unpaired) electrons. The van der Waals surface area contributed by atoms with Crippen molar-refractivity contribution in [2.45, 2.75) is 43.6 Å². The van der Waals surface area contributed by atoms with Gasteiger partial charge in [0.2, 0.25) is 0 Å². The molecule has 0 amide bonds. The van der Waals surface area contributed by atoms with Crippen LogP contribution < -0.4 is 5.73 Å². The van der Waals surface area contributed by atoms with E-state index in [0.717, 1.165) is 12.4 Å². The van der Waals surface area contributed by atoms with Gasteiger partial charge in [-0.05, 0) is 25.7 Å². The summed E-state index contributed by atoms with van der Waals surface area (Å²) >= 11 is 0. The molecule has 2 fully saturated rings. The Morgan fingerprint density at radius 2 is 2.29 bits per heavy atom. The van der Waals surface area contributed by atoms with Crippen LogP contribution in [0.2, 0.25) is 0 Å². The van der Waals surface area contributed by atoms with Gasteiger partial charge in [0.05, 0.1) is 0 Å². The summed E-state index contributed by atoms with van der Waals surface area (Å²) in [7, 11) is 0. The summed E-state index contributed by atoms with van der Waals surface area (Å²) in [6.45, 7) is 0.721. The summed E-state index contributed by atoms with van der Waals surface area (Å²) in [4.78, 5) is 0. The summed E-state index contributed by atoms with van der Waals surface area (Å²) in [5, 5.41) is 8.31. The molecule has 2 aliphatic carbocycles. The van der Waals surface area contributed by atoms with Crippen LogP contribution in [0.4, 0.5) is 0 Å². The lowest BCUT2D eigenvalue weighted by atomic mass is 9.68. The van der Waals surface area contributed by atoms with E-state index in [1.165, 1.54) is 32.1 Å². The van der Waals surface area contributed by atoms with Crippen LogP contribution in [0.1, 0.15) is 44.0 Å². The molecular formula is C10H16N4. The number of hydrogen-bond donors (Lipinski definition) is 1. The smallest absolute Gasteiger partial charge is 0.140 e. The van der Waals surface area contributed by atoms with Gasteiger partial charge in [0.25, 0.3) is 0 Å². The molecule has 2 saturated carbocycles. The van der Waals surface area contributed by atoms with Gasteiger partial charge in [-0.2, -0.15) is 0 Å². The van der Waals surface area contributed by atoms with Crippen molar-refractivity contribution in [1.29, 1.82) is 0 Å². The van der Waals surface area contributed by atoms with Crippen molar-refractivity contribution >= 4 is 0 Å². The molecule has 0 unspecified atom stereocenters. The number of nitrogens with zero attached hydrogens (tertiary/aromatic N) is 3. The first-order valence-corrected chi connectivity index (χ1v) is 5.46. The quantitative estimate of drug-likeness (QED) is 0.777. The third kappa shape index (κ3) is 1.03. The van der Waals surface area contributed by atoms with Crippen molar-refractivity contribution in [2.24, 2.45) is 5.73 Å². The average molecular weight is 192 g/mol. The summed E-state index contributed by atoms with van der Waals surface area (Å²) < 4.78 is 2.26. The van der Waals surface area contributed by atoms with Gasteiger partial charge in [-0.15, -0.1) is 10.2 Å². The van der Waals surface area contributed by atoms with Gasteiger partial charge >= 0.3 is 0 Å². The third-order valence-electron chi connectivity index (χ3n) is 3.69. The van der Waals surface area contributed by atoms with Crippen molar-refractivity contribution in [3.8, 4) is 0 Å². The Hall–Kier alpha value is -0.900. The zero-order valence-electron chi connectivity index (χ0n) is 8.32. The first-order valence-electron chi connectivity index (χ1n) is 5.46. The molecule has 0 aliphatic heterocycles. The minimum atomic E-state index is 0.166. The molecule has 1 heterocycles. The largest absolute Gasteiger partial charge is 0.329 e. The predicted octanol–water partition coefficient (Wildman–Crippen LogP) is 0.993. The van der Waals surface area contributed by atoms with Gasteiger partial charge < -0.3 is 10.3 Å². The number of rotatable bonds is 3. The Kier molecular flexibility index (Phi) is 1.68. The lowest BCUT2D eigenvalue weighted by Gasteiger charge is -2.39. The molecule has 2 aliphatic rings. The summed E-state index contributed by atoms with van der Waals surface area (Å²) in [6, 6.07) is 0.670. The maximum Gasteiger partial charge on any atom is 0.140 e. The molecular weight excluding hydrogens is 176 g/mol. The Bertz CT molecular complexity index is 330. The second-order valence-electron chi connectivity index (χ2n) is 4.63. The van der Waals surface area contributed by atoms with E-state index in [-0.39, 0.29) is 5.41 Å². The highest BCUT2D eigenvalue weighted by Gasteiger charge is 2.43. The molecule has 1 aromatic heterocycles. The second-order valence-corrected chi connectivity index (χ2v) is 4.63. The van der Waals surface area contributed by atoms with Crippen molar-refractivity contribution < 1.29 is 0 Å². The van der Waals surface area contributed by atoms with Crippen LogP contribution >= 0.6 is 0 Å². The lowest BCUT2D eigenvalue weighted by Crippen LogP contribution is -2.43. The zero-order valence-corrected chi connectivity index (χ0v) is 8.32. The normalized spacial score (nSPS) is 24.6. The van der Waals surface area contributed by atoms with Gasteiger partial charge in [-0.25, -0.2) is 0 Å². The van der Waals surface area contributed by atoms with E-state index in [4.69, 9.17) is 5.73 Å². The van der Waals surface area contributed by atoms with Crippen molar-refractivity contribution in [3.63, 3.8) is 0 Å². The van der Waals surface area contributed by atoms with E-state index in [0.29, 0.717) is 6.04 Å². The Labute approximate surface area is 83.5 Å². The number of nitrogens with two attached hydrogens (primary N) is 1. The van der Waals surface area contributed by atoms with E-state index in [2.05, 4.69) is 14.8 Å². The van der Waals surface area contributed by atoms with Crippen LogP contribution in [0.25, 0.3) is 0 Å². The van der Waals surface area contributed by atoms with Gasteiger partial charge in [-0.1, -0.05) is 6.42 Å². The van der Waals surface area contributed by atoms with Crippen molar-refractivity contribution in [3.05, 3.63) is 12.2 Å². The molecule has 0 atom stereocenters. The van der Waals surface area contributed by atoms with Crippen LogP contribution in [0.5, 0.6) is 0 Å². The molecule has 0 aromatic carbocycles. The summed E-state index contributed by atoms with van der Waals surface area (Å²) in [6.07, 6.45) is 8.11. The standard InChI is InChI=1S/C10H16N4/c11-6-10(4-1-5-10)9-13-12-7-14(9)8-2-3-8/h7-8H,1-6,11H2. The molecule has 0 saturated heterocycles. The van der Waals surface area contributed by atoms with Gasteiger partial charge in [0.15, 0.2) is 0 Å². The fourth-order valence-corrected chi connectivity index (χ4v) is 2.36. The minimum Gasteiger partial charge on any atom is -0.329 e. The van der Waals surface area contributed by atoms with Gasteiger partial charge in [0.1, 0.15) is 12.2 Å². The Morgan fingerprint density at radius 3 is 2.79 bits per heavy atom. The average Bonchev–Trinajstić information content (AvgIpc) is 2.86. The molecule has 4 nitrogen and oxygen atoms in total. The lowest BCUT2D eigenvalue weighted by molar-refractivity contribution is 0.229. The van der Waals surface area contributed by atoms with Crippen LogP contribution in [-0.2, 0) is 5.41 Å². The first-order chi connectivity index (χ1) is 6.86. The molecule has 14 heavy (non-hydrogen) atoms. The van der Waals surface area contributed by atoms with E-state index < -0.39 is 0 Å². The molecule has 2 N–H and O–H groups in total. The van der Waals surface area contributed by atoms with Crippen LogP contribution in [0.3, 0.4) is 0 Å². The highest BCUT2D eigenvalue weighted by molar-refractivity contribution is 5.15. The van der Waals surface area contributed by atoms with Crippen LogP contribution in [0, 0.1) is 0 Å². The summed E-state index contributed by atoms with van der Waals surface area (Å²) in [5.74, 6) is 1.15. The zero-order chi connectivity index (χ0) is 9.60.